The van der Waals surface area contributed by atoms with Gasteiger partial charge >= 0.3 is 12.0 Å². The number of nitrogens with one attached hydrogen (secondary N) is 1. The van der Waals surface area contributed by atoms with E-state index in [4.69, 9.17) is 0 Å². The monoisotopic (exact) mass is 371 g/mol. The highest BCUT2D eigenvalue weighted by atomic mass is 16.4. The van der Waals surface area contributed by atoms with Crippen molar-refractivity contribution in [3.05, 3.63) is 35.4 Å². The first-order valence-electron chi connectivity index (χ1n) is 9.06. The number of urea groups is 1. The summed E-state index contributed by atoms with van der Waals surface area (Å²) in [4.78, 5) is 51.8. The minimum absolute atomic E-state index is 0.104. The van der Waals surface area contributed by atoms with E-state index in [1.54, 1.807) is 6.92 Å². The molecule has 2 heterocycles. The molecule has 0 bridgehead atoms. The molecule has 4 rings (SSSR count). The summed E-state index contributed by atoms with van der Waals surface area (Å²) in [5.74, 6) is -2.53. The second-order valence-electron chi connectivity index (χ2n) is 7.60. The predicted molar refractivity (Wildman–Crippen MR) is 93.6 cm³/mol. The molecule has 0 saturated carbocycles. The number of aryl methyl sites for hydroxylation is 1. The number of amides is 4. The van der Waals surface area contributed by atoms with Gasteiger partial charge in [-0.15, -0.1) is 0 Å². The third-order valence-corrected chi connectivity index (χ3v) is 6.00. The van der Waals surface area contributed by atoms with E-state index in [1.807, 2.05) is 24.3 Å². The van der Waals surface area contributed by atoms with Crippen LogP contribution >= 0.6 is 0 Å². The van der Waals surface area contributed by atoms with E-state index >= 15 is 0 Å². The largest absolute Gasteiger partial charge is 0.481 e. The summed E-state index contributed by atoms with van der Waals surface area (Å²) >= 11 is 0. The third kappa shape index (κ3) is 2.58. The van der Waals surface area contributed by atoms with Gasteiger partial charge < -0.3 is 15.3 Å². The highest BCUT2D eigenvalue weighted by Gasteiger charge is 2.55. The highest BCUT2D eigenvalue weighted by molar-refractivity contribution is 6.10. The fraction of sp³-hybridized carbons (Fsp3) is 0.474. The summed E-state index contributed by atoms with van der Waals surface area (Å²) < 4.78 is 0. The van der Waals surface area contributed by atoms with Crippen molar-refractivity contribution in [1.29, 1.82) is 0 Å². The molecule has 2 saturated heterocycles. The Morgan fingerprint density at radius 3 is 2.70 bits per heavy atom. The highest BCUT2D eigenvalue weighted by Crippen LogP contribution is 2.41. The van der Waals surface area contributed by atoms with E-state index in [-0.39, 0.29) is 19.0 Å². The first kappa shape index (κ1) is 17.5. The minimum atomic E-state index is -1.09. The summed E-state index contributed by atoms with van der Waals surface area (Å²) in [6.45, 7) is 1.83. The molecule has 27 heavy (non-hydrogen) atoms. The van der Waals surface area contributed by atoms with Crippen molar-refractivity contribution >= 4 is 23.8 Å². The number of benzene rings is 1. The average molecular weight is 371 g/mol. The molecule has 1 aromatic rings. The Balaban J connectivity index is 1.51. The lowest BCUT2D eigenvalue weighted by Crippen LogP contribution is -2.44. The Labute approximate surface area is 156 Å². The molecule has 0 radical (unpaired) electrons. The summed E-state index contributed by atoms with van der Waals surface area (Å²) in [6.07, 6.45) is 1.16. The number of carboxylic acids is 1. The molecule has 3 atom stereocenters. The summed E-state index contributed by atoms with van der Waals surface area (Å²) in [6, 6.07) is 6.93. The van der Waals surface area contributed by atoms with Gasteiger partial charge in [0.25, 0.3) is 5.91 Å². The van der Waals surface area contributed by atoms with Crippen molar-refractivity contribution < 1.29 is 24.3 Å². The number of hydrogen-bond acceptors (Lipinski definition) is 4. The lowest BCUT2D eigenvalue weighted by atomic mass is 9.92. The zero-order valence-electron chi connectivity index (χ0n) is 15.0. The van der Waals surface area contributed by atoms with Gasteiger partial charge in [0.15, 0.2) is 0 Å². The Kier molecular flexibility index (Phi) is 3.94. The zero-order valence-corrected chi connectivity index (χ0v) is 15.0. The molecular weight excluding hydrogens is 350 g/mol. The number of aliphatic carboxylic acids is 1. The fourth-order valence-electron chi connectivity index (χ4n) is 4.46. The molecule has 2 fully saturated rings. The number of nitrogens with zero attached hydrogens (tertiary/aromatic N) is 2. The molecule has 0 aromatic heterocycles. The maximum Gasteiger partial charge on any atom is 0.325 e. The molecule has 3 aliphatic rings. The van der Waals surface area contributed by atoms with Gasteiger partial charge in [-0.2, -0.15) is 0 Å². The van der Waals surface area contributed by atoms with Crippen LogP contribution in [0.15, 0.2) is 24.3 Å². The van der Waals surface area contributed by atoms with E-state index in [0.717, 1.165) is 16.0 Å². The van der Waals surface area contributed by atoms with Gasteiger partial charge in [-0.25, -0.2) is 4.79 Å². The van der Waals surface area contributed by atoms with Crippen molar-refractivity contribution in [1.82, 2.24) is 15.1 Å². The maximum atomic E-state index is 13.1. The van der Waals surface area contributed by atoms with E-state index in [2.05, 4.69) is 5.32 Å². The average Bonchev–Trinajstić information content (AvgIpc) is 3.27. The molecule has 8 heteroatoms. The van der Waals surface area contributed by atoms with Gasteiger partial charge in [0.1, 0.15) is 12.1 Å². The van der Waals surface area contributed by atoms with Gasteiger partial charge in [0.05, 0.1) is 5.92 Å². The van der Waals surface area contributed by atoms with E-state index in [0.29, 0.717) is 19.4 Å². The van der Waals surface area contributed by atoms with Crippen LogP contribution in [0.3, 0.4) is 0 Å². The number of rotatable bonds is 3. The van der Waals surface area contributed by atoms with E-state index in [9.17, 15) is 24.3 Å². The number of carbonyl (C=O) groups is 4. The number of carboxylic acid groups (broad SMARTS) is 1. The van der Waals surface area contributed by atoms with Gasteiger partial charge in [0, 0.05) is 13.1 Å². The van der Waals surface area contributed by atoms with Crippen molar-refractivity contribution in [3.8, 4) is 0 Å². The van der Waals surface area contributed by atoms with Crippen molar-refractivity contribution in [2.45, 2.75) is 25.3 Å². The Morgan fingerprint density at radius 1 is 1.26 bits per heavy atom. The van der Waals surface area contributed by atoms with Crippen LogP contribution in [-0.2, 0) is 26.3 Å². The molecule has 4 amide bonds. The van der Waals surface area contributed by atoms with Crippen LogP contribution in [0.5, 0.6) is 0 Å². The molecule has 2 N–H and O–H groups in total. The van der Waals surface area contributed by atoms with Crippen LogP contribution in [0.1, 0.15) is 24.5 Å². The normalized spacial score (nSPS) is 29.4. The third-order valence-electron chi connectivity index (χ3n) is 6.00. The van der Waals surface area contributed by atoms with Crippen LogP contribution in [0.2, 0.25) is 0 Å². The summed E-state index contributed by atoms with van der Waals surface area (Å²) in [5.41, 5.74) is 0.728. The van der Waals surface area contributed by atoms with Gasteiger partial charge in [-0.1, -0.05) is 31.2 Å². The Morgan fingerprint density at radius 2 is 2.00 bits per heavy atom. The number of hydrogen-bond donors (Lipinski definition) is 2. The maximum absolute atomic E-state index is 13.1. The minimum Gasteiger partial charge on any atom is -0.481 e. The molecular formula is C19H21N3O5. The quantitative estimate of drug-likeness (QED) is 0.755. The van der Waals surface area contributed by atoms with Gasteiger partial charge in [-0.3, -0.25) is 19.3 Å². The van der Waals surface area contributed by atoms with Crippen LogP contribution in [0, 0.1) is 11.8 Å². The number of likely N-dealkylation sites (tertiary alicyclic amines) is 1. The summed E-state index contributed by atoms with van der Waals surface area (Å²) in [7, 11) is 0. The first-order valence-corrected chi connectivity index (χ1v) is 9.06. The van der Waals surface area contributed by atoms with E-state index < -0.39 is 35.3 Å². The fourth-order valence-corrected chi connectivity index (χ4v) is 4.46. The Hall–Kier alpha value is -2.90. The Bertz CT molecular complexity index is 854. The van der Waals surface area contributed by atoms with Crippen LogP contribution in [0.25, 0.3) is 0 Å². The van der Waals surface area contributed by atoms with Crippen molar-refractivity contribution in [3.63, 3.8) is 0 Å². The SMILES string of the molecule is C[C@@H]1CN(C(=O)CN2C(=O)NC3(CCc4ccccc43)C2=O)C[C@H]1C(=O)O. The van der Waals surface area contributed by atoms with Crippen LogP contribution in [-0.4, -0.2) is 58.4 Å². The predicted octanol–water partition coefficient (Wildman–Crippen LogP) is 0.559. The van der Waals surface area contributed by atoms with Gasteiger partial charge in [0.2, 0.25) is 5.91 Å². The van der Waals surface area contributed by atoms with Crippen molar-refractivity contribution in [2.24, 2.45) is 11.8 Å². The molecule has 1 aromatic carbocycles. The lowest BCUT2D eigenvalue weighted by Gasteiger charge is -2.23. The molecule has 2 aliphatic heterocycles. The van der Waals surface area contributed by atoms with Crippen LogP contribution < -0.4 is 5.32 Å². The number of fused-ring (bicyclic) bond motifs is 2. The zero-order chi connectivity index (χ0) is 19.3. The first-order chi connectivity index (χ1) is 12.8. The topological polar surface area (TPSA) is 107 Å². The summed E-state index contributed by atoms with van der Waals surface area (Å²) in [5, 5.41) is 12.0. The second kappa shape index (κ2) is 6.07. The molecule has 1 unspecified atom stereocenters. The molecule has 1 spiro atoms. The smallest absolute Gasteiger partial charge is 0.325 e. The molecule has 142 valence electrons. The number of carbonyl (C=O) groups excluding carboxylic acids is 3. The number of imide groups is 1. The van der Waals surface area contributed by atoms with Crippen molar-refractivity contribution in [2.75, 3.05) is 19.6 Å². The molecule has 8 nitrogen and oxygen atoms in total. The lowest BCUT2D eigenvalue weighted by molar-refractivity contribution is -0.143. The standard InChI is InChI=1S/C19H21N3O5/c1-11-8-21(9-13(11)16(24)25)15(23)10-22-17(26)19(20-18(22)27)7-6-12-4-2-3-5-14(12)19/h2-5,11,13H,6-10H2,1H3,(H,20,27)(H,24,25)/t11-,13-,19?/m1/s1. The second-order valence-corrected chi connectivity index (χ2v) is 7.60. The molecule has 1 aliphatic carbocycles. The van der Waals surface area contributed by atoms with Gasteiger partial charge in [-0.05, 0) is 29.9 Å². The van der Waals surface area contributed by atoms with Crippen LogP contribution in [0.4, 0.5) is 4.79 Å². The van der Waals surface area contributed by atoms with E-state index in [1.165, 1.54) is 4.90 Å².